The first-order chi connectivity index (χ1) is 13.2. The molecule has 3 N–H and O–H groups in total. The Kier molecular flexibility index (Phi) is 6.89. The third-order valence-corrected chi connectivity index (χ3v) is 5.07. The van der Waals surface area contributed by atoms with Gasteiger partial charge < -0.3 is 15.6 Å². The van der Waals surface area contributed by atoms with Gasteiger partial charge in [0, 0.05) is 48.0 Å². The standard InChI is InChI=1S/C19H21FN6S.HI/c1-2-21-18(24-11-15-12-26-7-8-27-19(26)25-15)22-6-5-13-10-23-17-4-3-14(20)9-16(13)17;/h3-4,7-10,12,23H,2,5-6,11H2,1H3,(H2,21,22,24);1H. The van der Waals surface area contributed by atoms with Crippen molar-refractivity contribution < 1.29 is 4.39 Å². The average molecular weight is 512 g/mol. The summed E-state index contributed by atoms with van der Waals surface area (Å²) < 4.78 is 15.5. The normalized spacial score (nSPS) is 11.7. The number of hydrogen-bond donors (Lipinski definition) is 3. The third kappa shape index (κ3) is 4.64. The number of aliphatic imine (C=N–C) groups is 1. The van der Waals surface area contributed by atoms with E-state index in [1.807, 2.05) is 35.3 Å². The van der Waals surface area contributed by atoms with Gasteiger partial charge in [-0.2, -0.15) is 0 Å². The van der Waals surface area contributed by atoms with Crippen LogP contribution in [-0.4, -0.2) is 33.4 Å². The SMILES string of the molecule is CCNC(=NCc1cn2ccsc2n1)NCCc1c[nH]c2ccc(F)cc12.I. The van der Waals surface area contributed by atoms with Gasteiger partial charge in [0.1, 0.15) is 5.82 Å². The van der Waals surface area contributed by atoms with Crippen LogP contribution in [0, 0.1) is 5.82 Å². The smallest absolute Gasteiger partial charge is 0.193 e. The molecule has 0 atom stereocenters. The van der Waals surface area contributed by atoms with Crippen LogP contribution in [0.4, 0.5) is 4.39 Å². The predicted octanol–water partition coefficient (Wildman–Crippen LogP) is 3.93. The number of benzene rings is 1. The van der Waals surface area contributed by atoms with Gasteiger partial charge in [-0.05, 0) is 37.1 Å². The van der Waals surface area contributed by atoms with Gasteiger partial charge in [0.05, 0.1) is 12.2 Å². The number of guanidine groups is 1. The first-order valence-electron chi connectivity index (χ1n) is 8.91. The highest BCUT2D eigenvalue weighted by atomic mass is 127. The number of rotatable bonds is 6. The molecule has 148 valence electrons. The van der Waals surface area contributed by atoms with Crippen LogP contribution in [0.5, 0.6) is 0 Å². The highest BCUT2D eigenvalue weighted by molar-refractivity contribution is 14.0. The average Bonchev–Trinajstić information content (AvgIpc) is 3.34. The van der Waals surface area contributed by atoms with E-state index in [0.29, 0.717) is 13.1 Å². The minimum absolute atomic E-state index is 0. The van der Waals surface area contributed by atoms with Crippen LogP contribution in [-0.2, 0) is 13.0 Å². The van der Waals surface area contributed by atoms with E-state index in [1.54, 1.807) is 23.5 Å². The number of nitrogens with zero attached hydrogens (tertiary/aromatic N) is 3. The molecule has 0 amide bonds. The van der Waals surface area contributed by atoms with E-state index in [0.717, 1.165) is 46.0 Å². The first kappa shape index (κ1) is 20.6. The minimum atomic E-state index is -0.216. The Bertz CT molecular complexity index is 1050. The van der Waals surface area contributed by atoms with E-state index in [2.05, 4.69) is 25.6 Å². The Hall–Kier alpha value is -2.14. The van der Waals surface area contributed by atoms with E-state index < -0.39 is 0 Å². The number of nitrogens with one attached hydrogen (secondary N) is 3. The van der Waals surface area contributed by atoms with Gasteiger partial charge in [0.2, 0.25) is 0 Å². The van der Waals surface area contributed by atoms with E-state index in [1.165, 1.54) is 6.07 Å². The van der Waals surface area contributed by atoms with Crippen LogP contribution < -0.4 is 10.6 Å². The summed E-state index contributed by atoms with van der Waals surface area (Å²) in [5, 5.41) is 9.52. The molecule has 0 saturated carbocycles. The summed E-state index contributed by atoms with van der Waals surface area (Å²) in [5.41, 5.74) is 2.97. The summed E-state index contributed by atoms with van der Waals surface area (Å²) >= 11 is 1.61. The van der Waals surface area contributed by atoms with Crippen molar-refractivity contribution in [2.45, 2.75) is 19.9 Å². The number of aromatic nitrogens is 3. The molecule has 0 aliphatic heterocycles. The van der Waals surface area contributed by atoms with Gasteiger partial charge in [-0.1, -0.05) is 0 Å². The second-order valence-electron chi connectivity index (χ2n) is 6.20. The topological polar surface area (TPSA) is 69.5 Å². The van der Waals surface area contributed by atoms with Crippen LogP contribution in [0.25, 0.3) is 15.9 Å². The number of fused-ring (bicyclic) bond motifs is 2. The zero-order valence-corrected chi connectivity index (χ0v) is 18.6. The molecule has 0 spiro atoms. The van der Waals surface area contributed by atoms with E-state index >= 15 is 0 Å². The molecule has 1 aromatic carbocycles. The summed E-state index contributed by atoms with van der Waals surface area (Å²) in [4.78, 5) is 13.3. The summed E-state index contributed by atoms with van der Waals surface area (Å²) in [6.07, 6.45) is 6.70. The van der Waals surface area contributed by atoms with Crippen molar-refractivity contribution in [3.05, 3.63) is 59.2 Å². The maximum Gasteiger partial charge on any atom is 0.193 e. The van der Waals surface area contributed by atoms with Gasteiger partial charge in [-0.3, -0.25) is 4.40 Å². The molecule has 4 rings (SSSR count). The summed E-state index contributed by atoms with van der Waals surface area (Å²) in [6, 6.07) is 4.81. The molecule has 0 fully saturated rings. The van der Waals surface area contributed by atoms with Crippen molar-refractivity contribution in [1.82, 2.24) is 25.0 Å². The highest BCUT2D eigenvalue weighted by Gasteiger charge is 2.06. The predicted molar refractivity (Wildman–Crippen MR) is 123 cm³/mol. The van der Waals surface area contributed by atoms with Crippen molar-refractivity contribution in [2.24, 2.45) is 4.99 Å². The molecule has 28 heavy (non-hydrogen) atoms. The van der Waals surface area contributed by atoms with Crippen molar-refractivity contribution >= 4 is 57.1 Å². The number of aromatic amines is 1. The van der Waals surface area contributed by atoms with Crippen LogP contribution in [0.3, 0.4) is 0 Å². The van der Waals surface area contributed by atoms with Crippen LogP contribution in [0.2, 0.25) is 0 Å². The second kappa shape index (κ2) is 9.37. The Balaban J connectivity index is 0.00000225. The van der Waals surface area contributed by atoms with Crippen molar-refractivity contribution in [2.75, 3.05) is 13.1 Å². The maximum atomic E-state index is 13.5. The van der Waals surface area contributed by atoms with E-state index in [-0.39, 0.29) is 29.8 Å². The number of H-pyrrole nitrogens is 1. The fourth-order valence-electron chi connectivity index (χ4n) is 3.03. The number of thiazole rings is 1. The van der Waals surface area contributed by atoms with E-state index in [9.17, 15) is 4.39 Å². The molecule has 9 heteroatoms. The Morgan fingerprint density at radius 3 is 3.07 bits per heavy atom. The monoisotopic (exact) mass is 512 g/mol. The molecular formula is C19H22FIN6S. The van der Waals surface area contributed by atoms with Gasteiger partial charge in [-0.25, -0.2) is 14.4 Å². The fourth-order valence-corrected chi connectivity index (χ4v) is 3.75. The maximum absolute atomic E-state index is 13.5. The molecule has 4 aromatic rings. The minimum Gasteiger partial charge on any atom is -0.361 e. The molecule has 3 aromatic heterocycles. The second-order valence-corrected chi connectivity index (χ2v) is 7.07. The van der Waals surface area contributed by atoms with E-state index in [4.69, 9.17) is 0 Å². The molecule has 0 saturated heterocycles. The fraction of sp³-hybridized carbons (Fsp3) is 0.263. The lowest BCUT2D eigenvalue weighted by molar-refractivity contribution is 0.629. The van der Waals surface area contributed by atoms with Gasteiger partial charge in [0.25, 0.3) is 0 Å². The third-order valence-electron chi connectivity index (χ3n) is 4.30. The molecule has 0 bridgehead atoms. The van der Waals surface area contributed by atoms with Gasteiger partial charge in [-0.15, -0.1) is 35.3 Å². The number of halogens is 2. The summed E-state index contributed by atoms with van der Waals surface area (Å²) in [6.45, 7) is 4.03. The largest absolute Gasteiger partial charge is 0.361 e. The lowest BCUT2D eigenvalue weighted by atomic mass is 10.1. The van der Waals surface area contributed by atoms with Crippen LogP contribution in [0.1, 0.15) is 18.2 Å². The van der Waals surface area contributed by atoms with Crippen molar-refractivity contribution in [3.63, 3.8) is 0 Å². The lowest BCUT2D eigenvalue weighted by Crippen LogP contribution is -2.38. The van der Waals surface area contributed by atoms with Gasteiger partial charge in [0.15, 0.2) is 10.9 Å². The molecule has 0 radical (unpaired) electrons. The summed E-state index contributed by atoms with van der Waals surface area (Å²) in [7, 11) is 0. The Labute approximate surface area is 183 Å². The van der Waals surface area contributed by atoms with Gasteiger partial charge >= 0.3 is 0 Å². The van der Waals surface area contributed by atoms with Crippen LogP contribution in [0.15, 0.2) is 47.2 Å². The number of hydrogen-bond acceptors (Lipinski definition) is 3. The number of imidazole rings is 1. The molecular weight excluding hydrogens is 490 g/mol. The zero-order valence-electron chi connectivity index (χ0n) is 15.4. The molecule has 6 nitrogen and oxygen atoms in total. The Morgan fingerprint density at radius 1 is 1.36 bits per heavy atom. The molecule has 0 aliphatic carbocycles. The first-order valence-corrected chi connectivity index (χ1v) is 9.79. The zero-order chi connectivity index (χ0) is 18.6. The molecule has 0 aliphatic rings. The van der Waals surface area contributed by atoms with Crippen LogP contribution >= 0.6 is 35.3 Å². The van der Waals surface area contributed by atoms with Crippen molar-refractivity contribution in [1.29, 1.82) is 0 Å². The Morgan fingerprint density at radius 2 is 2.25 bits per heavy atom. The highest BCUT2D eigenvalue weighted by Crippen LogP contribution is 2.19. The van der Waals surface area contributed by atoms with Crippen molar-refractivity contribution in [3.8, 4) is 0 Å². The molecule has 3 heterocycles. The quantitative estimate of drug-likeness (QED) is 0.208. The molecule has 0 unspecified atom stereocenters. The lowest BCUT2D eigenvalue weighted by Gasteiger charge is -2.10. The summed E-state index contributed by atoms with van der Waals surface area (Å²) in [5.74, 6) is 0.533.